The number of hydrogen-bond acceptors (Lipinski definition) is 3. The summed E-state index contributed by atoms with van der Waals surface area (Å²) < 4.78 is 25.4. The van der Waals surface area contributed by atoms with E-state index in [0.29, 0.717) is 19.5 Å². The van der Waals surface area contributed by atoms with Gasteiger partial charge >= 0.3 is 0 Å². The van der Waals surface area contributed by atoms with Crippen LogP contribution in [0.3, 0.4) is 0 Å². The largest absolute Gasteiger partial charge is 0.354 e. The monoisotopic (exact) mass is 386 g/mol. The predicted octanol–water partition coefficient (Wildman–Crippen LogP) is 2.52. The van der Waals surface area contributed by atoms with E-state index in [1.54, 1.807) is 0 Å². The first-order valence-corrected chi connectivity index (χ1v) is 11.0. The van der Waals surface area contributed by atoms with Gasteiger partial charge in [-0.3, -0.25) is 4.79 Å². The zero-order valence-electron chi connectivity index (χ0n) is 16.0. The van der Waals surface area contributed by atoms with E-state index in [1.807, 2.05) is 18.2 Å². The molecule has 0 aliphatic carbocycles. The minimum atomic E-state index is -3.33. The molecule has 2 aromatic rings. The molecule has 1 N–H and O–H groups in total. The first-order valence-electron chi connectivity index (χ1n) is 9.14. The third-order valence-electron chi connectivity index (χ3n) is 5.08. The number of benzene rings is 2. The van der Waals surface area contributed by atoms with Gasteiger partial charge in [0.1, 0.15) is 0 Å². The molecule has 1 amide bonds. The summed E-state index contributed by atoms with van der Waals surface area (Å²) in [5.74, 6) is -0.495. The summed E-state index contributed by atoms with van der Waals surface area (Å²) in [7, 11) is -3.33. The van der Waals surface area contributed by atoms with Crippen molar-refractivity contribution < 1.29 is 13.2 Å². The molecule has 0 spiro atoms. The maximum Gasteiger partial charge on any atom is 0.224 e. The molecule has 1 atom stereocenters. The molecule has 2 aromatic carbocycles. The molecule has 0 bridgehead atoms. The molecule has 0 radical (unpaired) electrons. The number of aryl methyl sites for hydroxylation is 2. The molecule has 1 aliphatic rings. The lowest BCUT2D eigenvalue weighted by molar-refractivity contribution is -0.124. The van der Waals surface area contributed by atoms with E-state index < -0.39 is 15.9 Å². The lowest BCUT2D eigenvalue weighted by Gasteiger charge is -2.22. The molecule has 27 heavy (non-hydrogen) atoms. The second kappa shape index (κ2) is 7.82. The normalized spacial score (nSPS) is 18.8. The van der Waals surface area contributed by atoms with Crippen molar-refractivity contribution in [2.75, 3.05) is 25.9 Å². The van der Waals surface area contributed by atoms with Crippen LogP contribution in [-0.2, 0) is 21.2 Å². The average molecular weight is 387 g/mol. The second-order valence-corrected chi connectivity index (χ2v) is 9.27. The maximum absolute atomic E-state index is 12.5. The van der Waals surface area contributed by atoms with Crippen molar-refractivity contribution in [2.45, 2.75) is 20.3 Å². The summed E-state index contributed by atoms with van der Waals surface area (Å²) in [6.45, 7) is 5.04. The number of carbonyl (C=O) groups excluding carboxylic acids is 1. The fourth-order valence-electron chi connectivity index (χ4n) is 3.67. The molecular weight excluding hydrogens is 360 g/mol. The Hall–Kier alpha value is -2.18. The molecule has 3 rings (SSSR count). The van der Waals surface area contributed by atoms with E-state index in [4.69, 9.17) is 0 Å². The van der Waals surface area contributed by atoms with E-state index in [1.165, 1.54) is 21.7 Å². The average Bonchev–Trinajstić information content (AvgIpc) is 2.78. The van der Waals surface area contributed by atoms with Crippen molar-refractivity contribution in [1.82, 2.24) is 9.62 Å². The van der Waals surface area contributed by atoms with Crippen LogP contribution in [0.1, 0.15) is 16.7 Å². The van der Waals surface area contributed by atoms with Crippen molar-refractivity contribution in [1.29, 1.82) is 0 Å². The Morgan fingerprint density at radius 2 is 1.85 bits per heavy atom. The number of hydrogen-bond donors (Lipinski definition) is 1. The van der Waals surface area contributed by atoms with Crippen LogP contribution in [0.25, 0.3) is 11.1 Å². The van der Waals surface area contributed by atoms with Gasteiger partial charge in [-0.2, -0.15) is 4.31 Å². The molecule has 5 nitrogen and oxygen atoms in total. The van der Waals surface area contributed by atoms with Gasteiger partial charge in [-0.25, -0.2) is 8.42 Å². The van der Waals surface area contributed by atoms with Gasteiger partial charge in [0.15, 0.2) is 0 Å². The Kier molecular flexibility index (Phi) is 5.67. The molecule has 6 heteroatoms. The van der Waals surface area contributed by atoms with E-state index in [9.17, 15) is 13.2 Å². The number of amides is 1. The Morgan fingerprint density at radius 1 is 1.11 bits per heavy atom. The molecule has 0 saturated carbocycles. The quantitative estimate of drug-likeness (QED) is 0.878. The van der Waals surface area contributed by atoms with Crippen LogP contribution in [0.2, 0.25) is 0 Å². The minimum absolute atomic E-state index is 0.0865. The molecule has 1 unspecified atom stereocenters. The topological polar surface area (TPSA) is 66.5 Å². The van der Waals surface area contributed by atoms with Gasteiger partial charge in [-0.15, -0.1) is 0 Å². The highest BCUT2D eigenvalue weighted by molar-refractivity contribution is 7.88. The van der Waals surface area contributed by atoms with Crippen LogP contribution < -0.4 is 5.32 Å². The summed E-state index contributed by atoms with van der Waals surface area (Å²) in [6.07, 6.45) is 1.70. The Labute approximate surface area is 161 Å². The second-order valence-electron chi connectivity index (χ2n) is 7.29. The number of carbonyl (C=O) groups is 1. The van der Waals surface area contributed by atoms with Gasteiger partial charge < -0.3 is 5.32 Å². The van der Waals surface area contributed by atoms with Gasteiger partial charge in [0.2, 0.25) is 15.9 Å². The highest BCUT2D eigenvalue weighted by Gasteiger charge is 2.30. The van der Waals surface area contributed by atoms with Crippen LogP contribution in [0.5, 0.6) is 0 Å². The zero-order valence-corrected chi connectivity index (χ0v) is 16.8. The molecule has 0 aromatic heterocycles. The van der Waals surface area contributed by atoms with E-state index in [0.717, 1.165) is 16.7 Å². The molecule has 1 aliphatic heterocycles. The lowest BCUT2D eigenvalue weighted by atomic mass is 9.89. The van der Waals surface area contributed by atoms with Crippen LogP contribution in [-0.4, -0.2) is 44.5 Å². The smallest absolute Gasteiger partial charge is 0.224 e. The highest BCUT2D eigenvalue weighted by Crippen LogP contribution is 2.29. The lowest BCUT2D eigenvalue weighted by Crippen LogP contribution is -2.36. The summed E-state index contributed by atoms with van der Waals surface area (Å²) in [4.78, 5) is 12.5. The van der Waals surface area contributed by atoms with Crippen LogP contribution in [0.15, 0.2) is 42.5 Å². The maximum atomic E-state index is 12.5. The molecule has 144 valence electrons. The highest BCUT2D eigenvalue weighted by atomic mass is 32.2. The van der Waals surface area contributed by atoms with Gasteiger partial charge in [0, 0.05) is 19.6 Å². The number of nitrogens with zero attached hydrogens (tertiary/aromatic N) is 1. The molecular formula is C21H26N2O3S. The van der Waals surface area contributed by atoms with Crippen LogP contribution in [0, 0.1) is 19.8 Å². The molecule has 1 heterocycles. The van der Waals surface area contributed by atoms with Gasteiger partial charge in [0.05, 0.1) is 12.2 Å². The van der Waals surface area contributed by atoms with Crippen molar-refractivity contribution in [3.63, 3.8) is 0 Å². The summed E-state index contributed by atoms with van der Waals surface area (Å²) >= 11 is 0. The SMILES string of the molecule is Cc1ccc(-c2ccccc2CC2CN(S(C)(=O)=O)CCNC2=O)c(C)c1. The van der Waals surface area contributed by atoms with Crippen LogP contribution >= 0.6 is 0 Å². The zero-order chi connectivity index (χ0) is 19.6. The van der Waals surface area contributed by atoms with E-state index in [2.05, 4.69) is 43.4 Å². The molecule has 1 fully saturated rings. The Balaban J connectivity index is 1.94. The van der Waals surface area contributed by atoms with E-state index in [-0.39, 0.29) is 12.5 Å². The van der Waals surface area contributed by atoms with Crippen molar-refractivity contribution in [2.24, 2.45) is 5.92 Å². The fraction of sp³-hybridized carbons (Fsp3) is 0.381. The fourth-order valence-corrected chi connectivity index (χ4v) is 4.54. The minimum Gasteiger partial charge on any atom is -0.354 e. The van der Waals surface area contributed by atoms with Gasteiger partial charge in [-0.05, 0) is 42.5 Å². The number of rotatable bonds is 4. The Morgan fingerprint density at radius 3 is 2.56 bits per heavy atom. The molecule has 1 saturated heterocycles. The van der Waals surface area contributed by atoms with E-state index >= 15 is 0 Å². The third kappa shape index (κ3) is 4.57. The van der Waals surface area contributed by atoms with Crippen LogP contribution in [0.4, 0.5) is 0 Å². The summed E-state index contributed by atoms with van der Waals surface area (Å²) in [5.41, 5.74) is 5.69. The third-order valence-corrected chi connectivity index (χ3v) is 6.35. The van der Waals surface area contributed by atoms with Gasteiger partial charge in [-0.1, -0.05) is 48.0 Å². The number of nitrogens with one attached hydrogen (secondary N) is 1. The summed E-state index contributed by atoms with van der Waals surface area (Å²) in [6, 6.07) is 14.4. The first-order chi connectivity index (χ1) is 12.8. The van der Waals surface area contributed by atoms with Crippen molar-refractivity contribution in [3.05, 3.63) is 59.2 Å². The standard InChI is InChI=1S/C21H26N2O3S/c1-15-8-9-19(16(2)12-15)20-7-5-4-6-17(20)13-18-14-23(27(3,25)26)11-10-22-21(18)24/h4-9,12,18H,10-11,13-14H2,1-3H3,(H,22,24). The first kappa shape index (κ1) is 19.6. The Bertz CT molecular complexity index is 954. The predicted molar refractivity (Wildman–Crippen MR) is 108 cm³/mol. The van der Waals surface area contributed by atoms with Crippen molar-refractivity contribution >= 4 is 15.9 Å². The van der Waals surface area contributed by atoms with Gasteiger partial charge in [0.25, 0.3) is 0 Å². The van der Waals surface area contributed by atoms with Crippen molar-refractivity contribution in [3.8, 4) is 11.1 Å². The number of sulfonamides is 1. The summed E-state index contributed by atoms with van der Waals surface area (Å²) in [5, 5.41) is 2.85.